The van der Waals surface area contributed by atoms with E-state index in [1.165, 1.54) is 110 Å². The van der Waals surface area contributed by atoms with E-state index in [-0.39, 0.29) is 0 Å². The minimum Gasteiger partial charge on any atom is -0.310 e. The number of hydrogen-bond acceptors (Lipinski definition) is 2. The van der Waals surface area contributed by atoms with Crippen LogP contribution in [-0.2, 0) is 0 Å². The molecule has 0 aliphatic rings. The highest BCUT2D eigenvalue weighted by Gasteiger charge is 2.28. The van der Waals surface area contributed by atoms with Crippen molar-refractivity contribution in [2.24, 2.45) is 0 Å². The number of para-hydroxylation sites is 2. The highest BCUT2D eigenvalue weighted by atomic mass is 15.2. The molecule has 0 spiro atoms. The molecule has 4 nitrogen and oxygen atoms in total. The molecule has 15 rings (SSSR count). The zero-order valence-corrected chi connectivity index (χ0v) is 43.0. The predicted molar refractivity (Wildman–Crippen MR) is 324 cm³/mol. The number of fused-ring (bicyclic) bond motifs is 12. The van der Waals surface area contributed by atoms with Crippen molar-refractivity contribution in [1.82, 2.24) is 8.80 Å². The largest absolute Gasteiger partial charge is 0.310 e. The maximum absolute atomic E-state index is 2.55. The zero-order valence-electron chi connectivity index (χ0n) is 43.0. The van der Waals surface area contributed by atoms with Crippen LogP contribution in [0.15, 0.2) is 243 Å². The van der Waals surface area contributed by atoms with Gasteiger partial charge in [-0.05, 0) is 130 Å². The Kier molecular flexibility index (Phi) is 9.93. The minimum atomic E-state index is 0.432. The lowest BCUT2D eigenvalue weighted by Crippen LogP contribution is -2.10. The Morgan fingerprint density at radius 3 is 1.07 bits per heavy atom. The third-order valence-corrected chi connectivity index (χ3v) is 16.3. The van der Waals surface area contributed by atoms with Gasteiger partial charge in [0, 0.05) is 65.8 Å². The van der Waals surface area contributed by atoms with Crippen molar-refractivity contribution in [1.29, 1.82) is 0 Å². The highest BCUT2D eigenvalue weighted by molar-refractivity contribution is 6.32. The molecule has 0 bridgehead atoms. The van der Waals surface area contributed by atoms with Crippen molar-refractivity contribution in [3.8, 4) is 22.3 Å². The molecule has 4 heterocycles. The quantitative estimate of drug-likeness (QED) is 0.136. The first kappa shape index (κ1) is 44.1. The molecule has 76 heavy (non-hydrogen) atoms. The van der Waals surface area contributed by atoms with Gasteiger partial charge in [0.25, 0.3) is 0 Å². The third-order valence-electron chi connectivity index (χ3n) is 16.3. The van der Waals surface area contributed by atoms with Crippen LogP contribution in [0.2, 0.25) is 0 Å². The highest BCUT2D eigenvalue weighted by Crippen LogP contribution is 2.52. The monoisotopic (exact) mass is 974 g/mol. The molecule has 0 radical (unpaired) electrons. The zero-order chi connectivity index (χ0) is 50.8. The number of nitrogens with zero attached hydrogens (tertiary/aromatic N) is 4. The molecule has 0 fully saturated rings. The standard InChI is InChI=1S/C72H54N4/c1-45(2)47-29-33-53(34-30-47)73(55-23-15-21-51(41-55)49-17-7-5-8-18-49)65-39-37-57-61-43-68-62(44-67(61)75-63-27-13-11-25-59(63)69(65)71(57)75)58-38-40-66(70-60-26-12-14-28-64(60)76(68)72(58)70)74(54-35-31-48(32-36-54)46(3)4)56-24-16-22-52(42-56)50-19-9-6-10-20-50/h5-46H,1-4H3. The molecule has 362 valence electrons. The summed E-state index contributed by atoms with van der Waals surface area (Å²) in [7, 11) is 0. The fourth-order valence-electron chi connectivity index (χ4n) is 12.6. The summed E-state index contributed by atoms with van der Waals surface area (Å²) in [6, 6.07) is 90.4. The number of anilines is 6. The van der Waals surface area contributed by atoms with Crippen molar-refractivity contribution in [3.05, 3.63) is 254 Å². The lowest BCUT2D eigenvalue weighted by atomic mass is 10.00. The first-order chi connectivity index (χ1) is 37.4. The molecule has 0 amide bonds. The SMILES string of the molecule is CC(C)c1ccc(N(c2cccc(-c3ccccc3)c2)c2ccc3c4cc5c(cc4n4c6ccccc6c2c34)c2ccc(N(c3ccc(C(C)C)cc3)c3cccc(-c4ccccc4)c3)c3c4ccccc4n5c23)cc1. The molecular formula is C72H54N4. The van der Waals surface area contributed by atoms with Gasteiger partial charge in [-0.3, -0.25) is 0 Å². The Morgan fingerprint density at radius 2 is 0.658 bits per heavy atom. The van der Waals surface area contributed by atoms with E-state index in [9.17, 15) is 0 Å². The van der Waals surface area contributed by atoms with E-state index in [0.29, 0.717) is 11.8 Å². The molecular weight excluding hydrogens is 921 g/mol. The van der Waals surface area contributed by atoms with Crippen LogP contribution < -0.4 is 9.80 Å². The lowest BCUT2D eigenvalue weighted by Gasteiger charge is -2.27. The molecule has 0 saturated heterocycles. The third kappa shape index (κ3) is 6.63. The molecule has 15 aromatic rings. The van der Waals surface area contributed by atoms with E-state index in [0.717, 1.165) is 34.1 Å². The van der Waals surface area contributed by atoms with Crippen LogP contribution in [0.4, 0.5) is 34.1 Å². The molecule has 4 aromatic heterocycles. The summed E-state index contributed by atoms with van der Waals surface area (Å²) in [4.78, 5) is 4.96. The Labute approximate surface area is 442 Å². The van der Waals surface area contributed by atoms with Gasteiger partial charge in [-0.1, -0.05) is 185 Å². The van der Waals surface area contributed by atoms with Gasteiger partial charge < -0.3 is 18.6 Å². The first-order valence-electron chi connectivity index (χ1n) is 26.8. The van der Waals surface area contributed by atoms with Gasteiger partial charge in [-0.25, -0.2) is 0 Å². The van der Waals surface area contributed by atoms with Crippen LogP contribution in [0.1, 0.15) is 50.7 Å². The predicted octanol–water partition coefficient (Wildman–Crippen LogP) is 20.5. The molecule has 4 heteroatoms. The molecule has 11 aromatic carbocycles. The van der Waals surface area contributed by atoms with Gasteiger partial charge in [0.2, 0.25) is 0 Å². The molecule has 0 N–H and O–H groups in total. The van der Waals surface area contributed by atoms with E-state index in [2.05, 4.69) is 289 Å². The van der Waals surface area contributed by atoms with Gasteiger partial charge in [0.05, 0.1) is 44.5 Å². The van der Waals surface area contributed by atoms with Gasteiger partial charge in [-0.15, -0.1) is 0 Å². The van der Waals surface area contributed by atoms with Crippen molar-refractivity contribution in [2.45, 2.75) is 39.5 Å². The van der Waals surface area contributed by atoms with Crippen LogP contribution in [0, 0.1) is 0 Å². The second-order valence-electron chi connectivity index (χ2n) is 21.3. The maximum Gasteiger partial charge on any atom is 0.0641 e. The summed E-state index contributed by atoms with van der Waals surface area (Å²) in [5.74, 6) is 0.865. The Balaban J connectivity index is 0.980. The fourth-order valence-corrected chi connectivity index (χ4v) is 12.6. The number of benzene rings is 11. The average molecular weight is 975 g/mol. The second-order valence-corrected chi connectivity index (χ2v) is 21.3. The summed E-state index contributed by atoms with van der Waals surface area (Å²) in [5, 5.41) is 9.98. The van der Waals surface area contributed by atoms with Crippen LogP contribution in [0.5, 0.6) is 0 Å². The number of hydrogen-bond donors (Lipinski definition) is 0. The maximum atomic E-state index is 2.55. The van der Waals surface area contributed by atoms with Gasteiger partial charge in [0.15, 0.2) is 0 Å². The van der Waals surface area contributed by atoms with E-state index >= 15 is 0 Å². The lowest BCUT2D eigenvalue weighted by molar-refractivity contribution is 0.866. The van der Waals surface area contributed by atoms with Gasteiger partial charge in [-0.2, -0.15) is 0 Å². The van der Waals surface area contributed by atoms with Crippen LogP contribution in [0.25, 0.3) is 98.4 Å². The van der Waals surface area contributed by atoms with Crippen molar-refractivity contribution < 1.29 is 0 Å². The minimum absolute atomic E-state index is 0.432. The molecule has 0 saturated carbocycles. The van der Waals surface area contributed by atoms with Crippen molar-refractivity contribution >= 4 is 110 Å². The first-order valence-corrected chi connectivity index (χ1v) is 26.8. The summed E-state index contributed by atoms with van der Waals surface area (Å²) < 4.78 is 5.11. The smallest absolute Gasteiger partial charge is 0.0641 e. The van der Waals surface area contributed by atoms with Gasteiger partial charge >= 0.3 is 0 Å². The normalized spacial score (nSPS) is 12.2. The van der Waals surface area contributed by atoms with Crippen LogP contribution in [0.3, 0.4) is 0 Å². The van der Waals surface area contributed by atoms with Crippen molar-refractivity contribution in [3.63, 3.8) is 0 Å². The molecule has 0 aliphatic carbocycles. The number of rotatable bonds is 10. The van der Waals surface area contributed by atoms with E-state index in [1.54, 1.807) is 0 Å². The second kappa shape index (κ2) is 17.1. The Hall–Kier alpha value is -9.38. The number of aromatic nitrogens is 2. The topological polar surface area (TPSA) is 15.3 Å². The van der Waals surface area contributed by atoms with E-state index < -0.39 is 0 Å². The average Bonchev–Trinajstić information content (AvgIpc) is 4.38. The van der Waals surface area contributed by atoms with E-state index in [1.807, 2.05) is 0 Å². The van der Waals surface area contributed by atoms with Crippen molar-refractivity contribution in [2.75, 3.05) is 9.80 Å². The molecule has 0 aliphatic heterocycles. The molecule has 0 atom stereocenters. The van der Waals surface area contributed by atoms with Crippen LogP contribution in [-0.4, -0.2) is 8.80 Å². The Bertz CT molecular complexity index is 4380. The summed E-state index contributed by atoms with van der Waals surface area (Å²) >= 11 is 0. The fraction of sp³-hybridized carbons (Fsp3) is 0.0833. The van der Waals surface area contributed by atoms with E-state index in [4.69, 9.17) is 0 Å². The summed E-state index contributed by atoms with van der Waals surface area (Å²) in [6.07, 6.45) is 0. The summed E-state index contributed by atoms with van der Waals surface area (Å²) in [5.41, 5.74) is 21.6. The van der Waals surface area contributed by atoms with Gasteiger partial charge in [0.1, 0.15) is 0 Å². The Morgan fingerprint density at radius 1 is 0.276 bits per heavy atom. The van der Waals surface area contributed by atoms with Crippen LogP contribution >= 0.6 is 0 Å². The molecule has 0 unspecified atom stereocenters. The summed E-state index contributed by atoms with van der Waals surface area (Å²) in [6.45, 7) is 9.06.